The van der Waals surface area contributed by atoms with E-state index in [0.717, 1.165) is 29.8 Å². The molecular weight excluding hydrogens is 242 g/mol. The van der Waals surface area contributed by atoms with Gasteiger partial charge in [-0.05, 0) is 37.0 Å². The molecule has 0 bridgehead atoms. The standard InChI is InChI=1S/C14H17N3O2/c15-10-4-1-5-12-9(10)3-2-8-17(12)14(19)11-6-7-13(18)16-11/h1,4-5,11H,2-3,6-8,15H2,(H,16,18)/t11-/m0/s1. The van der Waals surface area contributed by atoms with Crippen molar-refractivity contribution in [2.24, 2.45) is 0 Å². The minimum absolute atomic E-state index is 0.0163. The highest BCUT2D eigenvalue weighted by Crippen LogP contribution is 2.32. The van der Waals surface area contributed by atoms with Crippen molar-refractivity contribution in [3.05, 3.63) is 23.8 Å². The number of nitrogens with one attached hydrogen (secondary N) is 1. The van der Waals surface area contributed by atoms with E-state index >= 15 is 0 Å². The number of rotatable bonds is 1. The number of carbonyl (C=O) groups excluding carboxylic acids is 2. The predicted molar refractivity (Wildman–Crippen MR) is 72.7 cm³/mol. The zero-order chi connectivity index (χ0) is 13.4. The molecule has 0 aliphatic carbocycles. The second-order valence-electron chi connectivity index (χ2n) is 5.10. The van der Waals surface area contributed by atoms with Gasteiger partial charge < -0.3 is 16.0 Å². The minimum atomic E-state index is -0.375. The molecular formula is C14H17N3O2. The minimum Gasteiger partial charge on any atom is -0.398 e. The Morgan fingerprint density at radius 1 is 1.37 bits per heavy atom. The molecule has 2 aliphatic rings. The van der Waals surface area contributed by atoms with Gasteiger partial charge >= 0.3 is 0 Å². The molecule has 0 unspecified atom stereocenters. The van der Waals surface area contributed by atoms with Crippen molar-refractivity contribution in [3.63, 3.8) is 0 Å². The predicted octanol–water partition coefficient (Wildman–Crippen LogP) is 0.827. The smallest absolute Gasteiger partial charge is 0.249 e. The summed E-state index contributed by atoms with van der Waals surface area (Å²) in [6, 6.07) is 5.29. The van der Waals surface area contributed by atoms with Gasteiger partial charge in [0.15, 0.2) is 0 Å². The Hall–Kier alpha value is -2.04. The lowest BCUT2D eigenvalue weighted by Gasteiger charge is -2.32. The third kappa shape index (κ3) is 2.05. The fourth-order valence-corrected chi connectivity index (χ4v) is 2.87. The summed E-state index contributed by atoms with van der Waals surface area (Å²) in [7, 11) is 0. The van der Waals surface area contributed by atoms with Gasteiger partial charge in [0.05, 0.1) is 0 Å². The quantitative estimate of drug-likeness (QED) is 0.733. The van der Waals surface area contributed by atoms with Crippen LogP contribution >= 0.6 is 0 Å². The first kappa shape index (κ1) is 12.0. The molecule has 5 heteroatoms. The number of benzene rings is 1. The average molecular weight is 259 g/mol. The molecule has 1 atom stereocenters. The van der Waals surface area contributed by atoms with Gasteiger partial charge in [-0.15, -0.1) is 0 Å². The molecule has 2 amide bonds. The molecule has 100 valence electrons. The van der Waals surface area contributed by atoms with Crippen LogP contribution in [0.2, 0.25) is 0 Å². The number of carbonyl (C=O) groups is 2. The fourth-order valence-electron chi connectivity index (χ4n) is 2.87. The van der Waals surface area contributed by atoms with Crippen LogP contribution in [0.4, 0.5) is 11.4 Å². The average Bonchev–Trinajstić information content (AvgIpc) is 2.85. The fraction of sp³-hybridized carbons (Fsp3) is 0.429. The van der Waals surface area contributed by atoms with Crippen molar-refractivity contribution in [3.8, 4) is 0 Å². The van der Waals surface area contributed by atoms with E-state index in [1.54, 1.807) is 4.90 Å². The number of anilines is 2. The Kier molecular flexibility index (Phi) is 2.89. The Balaban J connectivity index is 1.89. The van der Waals surface area contributed by atoms with Gasteiger partial charge in [-0.2, -0.15) is 0 Å². The summed E-state index contributed by atoms with van der Waals surface area (Å²) in [5.74, 6) is -0.0550. The Morgan fingerprint density at radius 3 is 2.95 bits per heavy atom. The summed E-state index contributed by atoms with van der Waals surface area (Å²) >= 11 is 0. The van der Waals surface area contributed by atoms with Crippen LogP contribution in [-0.2, 0) is 16.0 Å². The number of fused-ring (bicyclic) bond motifs is 1. The summed E-state index contributed by atoms with van der Waals surface area (Å²) in [5.41, 5.74) is 8.66. The second kappa shape index (κ2) is 4.57. The van der Waals surface area contributed by atoms with Crippen LogP contribution in [0.1, 0.15) is 24.8 Å². The molecule has 1 aromatic carbocycles. The van der Waals surface area contributed by atoms with Crippen LogP contribution in [0.25, 0.3) is 0 Å². The number of nitrogens with two attached hydrogens (primary N) is 1. The molecule has 19 heavy (non-hydrogen) atoms. The van der Waals surface area contributed by atoms with Gasteiger partial charge in [0.25, 0.3) is 0 Å². The van der Waals surface area contributed by atoms with Crippen molar-refractivity contribution in [1.82, 2.24) is 5.32 Å². The van der Waals surface area contributed by atoms with Crippen LogP contribution in [0.5, 0.6) is 0 Å². The Labute approximate surface area is 111 Å². The lowest BCUT2D eigenvalue weighted by atomic mass is 9.99. The lowest BCUT2D eigenvalue weighted by molar-refractivity contribution is -0.124. The van der Waals surface area contributed by atoms with Crippen LogP contribution < -0.4 is 16.0 Å². The van der Waals surface area contributed by atoms with Gasteiger partial charge in [-0.1, -0.05) is 6.07 Å². The van der Waals surface area contributed by atoms with Gasteiger partial charge in [-0.3, -0.25) is 9.59 Å². The molecule has 1 aromatic rings. The highest BCUT2D eigenvalue weighted by atomic mass is 16.2. The number of nitrogens with zero attached hydrogens (tertiary/aromatic N) is 1. The van der Waals surface area contributed by atoms with Gasteiger partial charge in [0.2, 0.25) is 11.8 Å². The molecule has 0 saturated carbocycles. The first-order chi connectivity index (χ1) is 9.16. The zero-order valence-corrected chi connectivity index (χ0v) is 10.7. The van der Waals surface area contributed by atoms with Crippen molar-refractivity contribution < 1.29 is 9.59 Å². The summed E-state index contributed by atoms with van der Waals surface area (Å²) in [6.45, 7) is 0.696. The molecule has 3 rings (SSSR count). The van der Waals surface area contributed by atoms with Crippen molar-refractivity contribution in [1.29, 1.82) is 0 Å². The third-order valence-corrected chi connectivity index (χ3v) is 3.85. The van der Waals surface area contributed by atoms with Crippen molar-refractivity contribution >= 4 is 23.2 Å². The van der Waals surface area contributed by atoms with E-state index < -0.39 is 0 Å². The summed E-state index contributed by atoms with van der Waals surface area (Å²) in [6.07, 6.45) is 2.84. The number of hydrogen-bond acceptors (Lipinski definition) is 3. The number of nitrogen functional groups attached to an aromatic ring is 1. The molecule has 1 fully saturated rings. The van der Waals surface area contributed by atoms with Crippen molar-refractivity contribution in [2.45, 2.75) is 31.7 Å². The monoisotopic (exact) mass is 259 g/mol. The maximum Gasteiger partial charge on any atom is 0.249 e. The normalized spacial score (nSPS) is 22.0. The van der Waals surface area contributed by atoms with E-state index in [4.69, 9.17) is 5.73 Å². The molecule has 1 saturated heterocycles. The van der Waals surface area contributed by atoms with Crippen LogP contribution in [0.3, 0.4) is 0 Å². The van der Waals surface area contributed by atoms with E-state index in [1.165, 1.54) is 0 Å². The Morgan fingerprint density at radius 2 is 2.21 bits per heavy atom. The molecule has 2 heterocycles. The van der Waals surface area contributed by atoms with E-state index in [2.05, 4.69) is 5.32 Å². The molecule has 0 aromatic heterocycles. The SMILES string of the molecule is Nc1cccc2c1CCCN2C(=O)[C@@H]1CCC(=O)N1. The van der Waals surface area contributed by atoms with E-state index in [9.17, 15) is 9.59 Å². The maximum absolute atomic E-state index is 12.5. The van der Waals surface area contributed by atoms with Crippen molar-refractivity contribution in [2.75, 3.05) is 17.2 Å². The topological polar surface area (TPSA) is 75.4 Å². The van der Waals surface area contributed by atoms with Gasteiger partial charge in [0.1, 0.15) is 6.04 Å². The summed E-state index contributed by atoms with van der Waals surface area (Å²) in [5, 5.41) is 2.73. The third-order valence-electron chi connectivity index (χ3n) is 3.85. The van der Waals surface area contributed by atoms with E-state index in [0.29, 0.717) is 19.4 Å². The summed E-state index contributed by atoms with van der Waals surface area (Å²) < 4.78 is 0. The molecule has 0 spiro atoms. The van der Waals surface area contributed by atoms with E-state index in [1.807, 2.05) is 18.2 Å². The molecule has 5 nitrogen and oxygen atoms in total. The van der Waals surface area contributed by atoms with Crippen LogP contribution in [0.15, 0.2) is 18.2 Å². The second-order valence-corrected chi connectivity index (χ2v) is 5.10. The highest BCUT2D eigenvalue weighted by molar-refractivity contribution is 6.02. The van der Waals surface area contributed by atoms with Gasteiger partial charge in [-0.25, -0.2) is 0 Å². The molecule has 3 N–H and O–H groups in total. The lowest BCUT2D eigenvalue weighted by Crippen LogP contribution is -2.46. The highest BCUT2D eigenvalue weighted by Gasteiger charge is 2.33. The molecule has 2 aliphatic heterocycles. The maximum atomic E-state index is 12.5. The number of amides is 2. The molecule has 0 radical (unpaired) electrons. The number of hydrogen-bond donors (Lipinski definition) is 2. The van der Waals surface area contributed by atoms with E-state index in [-0.39, 0.29) is 17.9 Å². The van der Waals surface area contributed by atoms with Crippen LogP contribution in [-0.4, -0.2) is 24.4 Å². The Bertz CT molecular complexity index is 541. The summed E-state index contributed by atoms with van der Waals surface area (Å²) in [4.78, 5) is 25.5. The van der Waals surface area contributed by atoms with Crippen LogP contribution in [0, 0.1) is 0 Å². The largest absolute Gasteiger partial charge is 0.398 e. The first-order valence-electron chi connectivity index (χ1n) is 6.65. The first-order valence-corrected chi connectivity index (χ1v) is 6.65. The van der Waals surface area contributed by atoms with Gasteiger partial charge in [0, 0.05) is 24.3 Å². The zero-order valence-electron chi connectivity index (χ0n) is 10.7.